The Morgan fingerprint density at radius 1 is 1.19 bits per heavy atom. The Morgan fingerprint density at radius 3 is 2.48 bits per heavy atom. The fourth-order valence-corrected chi connectivity index (χ4v) is 1.54. The maximum Gasteiger partial charge on any atom is 0.340 e. The molecule has 21 heavy (non-hydrogen) atoms. The lowest BCUT2D eigenvalue weighted by atomic mass is 10.2. The summed E-state index contributed by atoms with van der Waals surface area (Å²) in [6.07, 6.45) is 0. The maximum atomic E-state index is 11.8. The third kappa shape index (κ3) is 5.25. The molecule has 0 radical (unpaired) electrons. The van der Waals surface area contributed by atoms with Gasteiger partial charge in [0.05, 0.1) is 24.4 Å². The van der Waals surface area contributed by atoms with Gasteiger partial charge in [0.25, 0.3) is 0 Å². The number of anilines is 1. The number of carbonyl (C=O) groups is 3. The van der Waals surface area contributed by atoms with Crippen LogP contribution >= 0.6 is 0 Å². The lowest BCUT2D eigenvalue weighted by Crippen LogP contribution is -2.35. The Kier molecular flexibility index (Phi) is 6.39. The Bertz CT molecular complexity index is 526. The third-order valence-corrected chi connectivity index (χ3v) is 2.64. The number of nitrogens with one attached hydrogen (secondary N) is 2. The minimum Gasteiger partial charge on any atom is -0.462 e. The van der Waals surface area contributed by atoms with Crippen LogP contribution in [0.2, 0.25) is 0 Å². The first-order valence-electron chi connectivity index (χ1n) is 6.79. The molecule has 0 aromatic heterocycles. The molecule has 2 N–H and O–H groups in total. The van der Waals surface area contributed by atoms with E-state index in [1.165, 1.54) is 0 Å². The number of rotatable bonds is 6. The van der Waals surface area contributed by atoms with Gasteiger partial charge in [-0.1, -0.05) is 26.0 Å². The smallest absolute Gasteiger partial charge is 0.340 e. The van der Waals surface area contributed by atoms with Crippen LogP contribution in [0.5, 0.6) is 0 Å². The van der Waals surface area contributed by atoms with Crippen LogP contribution in [0.4, 0.5) is 5.69 Å². The predicted molar refractivity (Wildman–Crippen MR) is 78.9 cm³/mol. The van der Waals surface area contributed by atoms with Crippen LogP contribution in [0, 0.1) is 5.92 Å². The van der Waals surface area contributed by atoms with Gasteiger partial charge in [0, 0.05) is 5.92 Å². The SMILES string of the molecule is CCOC(=O)c1ccccc1NC(=O)CNC(=O)C(C)C. The molecule has 0 saturated heterocycles. The van der Waals surface area contributed by atoms with Gasteiger partial charge in [-0.05, 0) is 19.1 Å². The van der Waals surface area contributed by atoms with Crippen molar-refractivity contribution in [2.45, 2.75) is 20.8 Å². The summed E-state index contributed by atoms with van der Waals surface area (Å²) in [5.41, 5.74) is 0.641. The van der Waals surface area contributed by atoms with Gasteiger partial charge in [-0.15, -0.1) is 0 Å². The quantitative estimate of drug-likeness (QED) is 0.780. The highest BCUT2D eigenvalue weighted by Crippen LogP contribution is 2.16. The monoisotopic (exact) mass is 292 g/mol. The van der Waals surface area contributed by atoms with Crippen molar-refractivity contribution in [1.29, 1.82) is 0 Å². The molecular weight excluding hydrogens is 272 g/mol. The van der Waals surface area contributed by atoms with Gasteiger partial charge in [-0.2, -0.15) is 0 Å². The number of carbonyl (C=O) groups excluding carboxylic acids is 3. The van der Waals surface area contributed by atoms with E-state index in [0.29, 0.717) is 5.69 Å². The van der Waals surface area contributed by atoms with Crippen molar-refractivity contribution in [3.8, 4) is 0 Å². The van der Waals surface area contributed by atoms with Crippen LogP contribution in [-0.4, -0.2) is 30.9 Å². The number of esters is 1. The lowest BCUT2D eigenvalue weighted by molar-refractivity contribution is -0.126. The van der Waals surface area contributed by atoms with E-state index in [0.717, 1.165) is 0 Å². The molecule has 114 valence electrons. The number of amides is 2. The summed E-state index contributed by atoms with van der Waals surface area (Å²) >= 11 is 0. The molecule has 0 aliphatic heterocycles. The first kappa shape index (κ1) is 16.7. The molecule has 0 fully saturated rings. The summed E-state index contributed by atoms with van der Waals surface area (Å²) < 4.78 is 4.92. The van der Waals surface area contributed by atoms with Crippen molar-refractivity contribution in [2.24, 2.45) is 5.92 Å². The van der Waals surface area contributed by atoms with Crippen molar-refractivity contribution in [3.05, 3.63) is 29.8 Å². The van der Waals surface area contributed by atoms with E-state index in [1.54, 1.807) is 45.0 Å². The molecule has 1 rings (SSSR count). The minimum absolute atomic E-state index is 0.145. The van der Waals surface area contributed by atoms with Gasteiger partial charge in [-0.3, -0.25) is 9.59 Å². The van der Waals surface area contributed by atoms with E-state index in [4.69, 9.17) is 4.74 Å². The second-order valence-electron chi connectivity index (χ2n) is 4.69. The van der Waals surface area contributed by atoms with Crippen LogP contribution in [0.1, 0.15) is 31.1 Å². The summed E-state index contributed by atoms with van der Waals surface area (Å²) in [5.74, 6) is -1.30. The summed E-state index contributed by atoms with van der Waals surface area (Å²) in [5, 5.41) is 5.10. The van der Waals surface area contributed by atoms with E-state index in [1.807, 2.05) is 0 Å². The van der Waals surface area contributed by atoms with Crippen LogP contribution in [0.3, 0.4) is 0 Å². The minimum atomic E-state index is -0.500. The Balaban J connectivity index is 2.68. The molecule has 0 atom stereocenters. The Labute approximate surface area is 123 Å². The Morgan fingerprint density at radius 2 is 1.86 bits per heavy atom. The standard InChI is InChI=1S/C15H20N2O4/c1-4-21-15(20)11-7-5-6-8-12(11)17-13(18)9-16-14(19)10(2)3/h5-8,10H,4,9H2,1-3H3,(H,16,19)(H,17,18). The van der Waals surface area contributed by atoms with Crippen molar-refractivity contribution in [2.75, 3.05) is 18.5 Å². The molecular formula is C15H20N2O4. The first-order chi connectivity index (χ1) is 9.95. The zero-order valence-corrected chi connectivity index (χ0v) is 12.4. The highest BCUT2D eigenvalue weighted by atomic mass is 16.5. The normalized spacial score (nSPS) is 10.1. The van der Waals surface area contributed by atoms with E-state index >= 15 is 0 Å². The molecule has 6 nitrogen and oxygen atoms in total. The Hall–Kier alpha value is -2.37. The maximum absolute atomic E-state index is 11.8. The first-order valence-corrected chi connectivity index (χ1v) is 6.79. The lowest BCUT2D eigenvalue weighted by Gasteiger charge is -2.11. The molecule has 0 aliphatic carbocycles. The number of ether oxygens (including phenoxy) is 1. The average Bonchev–Trinajstić information content (AvgIpc) is 2.45. The molecule has 0 bridgehead atoms. The van der Waals surface area contributed by atoms with Crippen molar-refractivity contribution < 1.29 is 19.1 Å². The molecule has 0 unspecified atom stereocenters. The van der Waals surface area contributed by atoms with Crippen LogP contribution in [0.15, 0.2) is 24.3 Å². The summed E-state index contributed by atoms with van der Waals surface area (Å²) in [7, 11) is 0. The predicted octanol–water partition coefficient (Wildman–Crippen LogP) is 1.57. The molecule has 6 heteroatoms. The summed E-state index contributed by atoms with van der Waals surface area (Å²) in [6.45, 7) is 5.30. The van der Waals surface area contributed by atoms with Crippen molar-refractivity contribution in [1.82, 2.24) is 5.32 Å². The number of hydrogen-bond donors (Lipinski definition) is 2. The van der Waals surface area contributed by atoms with Crippen molar-refractivity contribution >= 4 is 23.5 Å². The number of para-hydroxylation sites is 1. The number of hydrogen-bond acceptors (Lipinski definition) is 4. The van der Waals surface area contributed by atoms with E-state index in [2.05, 4.69) is 10.6 Å². The zero-order chi connectivity index (χ0) is 15.8. The van der Waals surface area contributed by atoms with E-state index in [9.17, 15) is 14.4 Å². The highest BCUT2D eigenvalue weighted by Gasteiger charge is 2.14. The largest absolute Gasteiger partial charge is 0.462 e. The molecule has 0 saturated carbocycles. The average molecular weight is 292 g/mol. The highest BCUT2D eigenvalue weighted by molar-refractivity contribution is 6.02. The molecule has 0 aliphatic rings. The zero-order valence-electron chi connectivity index (χ0n) is 12.4. The van der Waals surface area contributed by atoms with E-state index in [-0.39, 0.29) is 30.5 Å². The van der Waals surface area contributed by atoms with Crippen LogP contribution < -0.4 is 10.6 Å². The van der Waals surface area contributed by atoms with Gasteiger partial charge >= 0.3 is 5.97 Å². The van der Waals surface area contributed by atoms with Gasteiger partial charge < -0.3 is 15.4 Å². The molecule has 1 aromatic carbocycles. The second kappa shape index (κ2) is 8.04. The molecule has 1 aromatic rings. The van der Waals surface area contributed by atoms with Crippen LogP contribution in [-0.2, 0) is 14.3 Å². The molecule has 0 heterocycles. The summed E-state index contributed by atoms with van der Waals surface area (Å²) in [4.78, 5) is 34.9. The van der Waals surface area contributed by atoms with Gasteiger partial charge in [0.1, 0.15) is 0 Å². The number of benzene rings is 1. The second-order valence-corrected chi connectivity index (χ2v) is 4.69. The van der Waals surface area contributed by atoms with Gasteiger partial charge in [-0.25, -0.2) is 4.79 Å². The topological polar surface area (TPSA) is 84.5 Å². The third-order valence-electron chi connectivity index (χ3n) is 2.64. The molecule has 2 amide bonds. The molecule has 0 spiro atoms. The van der Waals surface area contributed by atoms with Crippen molar-refractivity contribution in [3.63, 3.8) is 0 Å². The van der Waals surface area contributed by atoms with Crippen LogP contribution in [0.25, 0.3) is 0 Å². The van der Waals surface area contributed by atoms with E-state index < -0.39 is 11.9 Å². The van der Waals surface area contributed by atoms with Gasteiger partial charge in [0.15, 0.2) is 0 Å². The fraction of sp³-hybridized carbons (Fsp3) is 0.400. The fourth-order valence-electron chi connectivity index (χ4n) is 1.54. The summed E-state index contributed by atoms with van der Waals surface area (Å²) in [6, 6.07) is 6.56. The van der Waals surface area contributed by atoms with Gasteiger partial charge in [0.2, 0.25) is 11.8 Å².